The number of halogens is 1. The molecule has 0 N–H and O–H groups in total. The predicted octanol–water partition coefficient (Wildman–Crippen LogP) is 2.64. The Bertz CT molecular complexity index is 347. The van der Waals surface area contributed by atoms with E-state index in [1.807, 2.05) is 20.0 Å². The second kappa shape index (κ2) is 7.33. The number of ether oxygens (including phenoxy) is 1. The van der Waals surface area contributed by atoms with E-state index in [9.17, 15) is 0 Å². The van der Waals surface area contributed by atoms with Crippen LogP contribution in [-0.2, 0) is 0 Å². The van der Waals surface area contributed by atoms with E-state index in [-0.39, 0.29) is 0 Å². The van der Waals surface area contributed by atoms with Crippen LogP contribution in [0.4, 0.5) is 5.82 Å². The fourth-order valence-electron chi connectivity index (χ4n) is 1.56. The molecule has 0 saturated carbocycles. The van der Waals surface area contributed by atoms with E-state index in [4.69, 9.17) is 16.3 Å². The second-order valence-corrected chi connectivity index (χ2v) is 4.36. The van der Waals surface area contributed by atoms with E-state index in [1.54, 1.807) is 7.11 Å². The Morgan fingerprint density at radius 2 is 2.06 bits per heavy atom. The quantitative estimate of drug-likeness (QED) is 0.556. The van der Waals surface area contributed by atoms with E-state index in [2.05, 4.69) is 14.9 Å². The topological polar surface area (TPSA) is 38.2 Å². The summed E-state index contributed by atoms with van der Waals surface area (Å²) in [4.78, 5) is 10.7. The zero-order chi connectivity index (χ0) is 12.7. The average Bonchev–Trinajstić information content (AvgIpc) is 2.33. The lowest BCUT2D eigenvalue weighted by Crippen LogP contribution is -2.20. The van der Waals surface area contributed by atoms with E-state index >= 15 is 0 Å². The number of aromatic nitrogens is 2. The smallest absolute Gasteiger partial charge is 0.218 e. The maximum atomic E-state index is 5.64. The highest BCUT2D eigenvalue weighted by atomic mass is 35.5. The highest BCUT2D eigenvalue weighted by molar-refractivity contribution is 6.17. The molecule has 1 aromatic rings. The number of anilines is 1. The minimum Gasteiger partial charge on any atom is -0.481 e. The van der Waals surface area contributed by atoms with E-state index in [0.717, 1.165) is 43.3 Å². The molecule has 0 aliphatic rings. The van der Waals surface area contributed by atoms with Gasteiger partial charge >= 0.3 is 0 Å². The third-order valence-corrected chi connectivity index (χ3v) is 2.80. The third-order valence-electron chi connectivity index (χ3n) is 2.53. The molecule has 0 aliphatic heterocycles. The molecule has 0 fully saturated rings. The molecule has 1 rings (SSSR count). The summed E-state index contributed by atoms with van der Waals surface area (Å²) in [6, 6.07) is 1.86. The van der Waals surface area contributed by atoms with Crippen molar-refractivity contribution in [1.82, 2.24) is 9.97 Å². The summed E-state index contributed by atoms with van der Waals surface area (Å²) >= 11 is 5.64. The maximum Gasteiger partial charge on any atom is 0.218 e. The molecule has 4 nitrogen and oxygen atoms in total. The Kier molecular flexibility index (Phi) is 6.05. The third kappa shape index (κ3) is 4.77. The maximum absolute atomic E-state index is 5.64. The van der Waals surface area contributed by atoms with Gasteiger partial charge in [-0.2, -0.15) is 4.98 Å². The minimum atomic E-state index is 0.611. The number of unbranched alkanes of at least 4 members (excludes halogenated alkanes) is 2. The highest BCUT2D eigenvalue weighted by Crippen LogP contribution is 2.16. The molecule has 0 aliphatic carbocycles. The molecule has 0 unspecified atom stereocenters. The molecule has 1 aromatic heterocycles. The Morgan fingerprint density at radius 3 is 2.71 bits per heavy atom. The van der Waals surface area contributed by atoms with Crippen molar-refractivity contribution in [3.8, 4) is 5.88 Å². The molecular weight excluding hydrogens is 238 g/mol. The van der Waals surface area contributed by atoms with Crippen LogP contribution in [-0.4, -0.2) is 36.6 Å². The van der Waals surface area contributed by atoms with Crippen molar-refractivity contribution in [2.24, 2.45) is 0 Å². The molecule has 17 heavy (non-hydrogen) atoms. The number of hydrogen-bond donors (Lipinski definition) is 0. The van der Waals surface area contributed by atoms with Crippen molar-refractivity contribution in [3.63, 3.8) is 0 Å². The van der Waals surface area contributed by atoms with Gasteiger partial charge in [-0.1, -0.05) is 6.42 Å². The average molecular weight is 258 g/mol. The summed E-state index contributed by atoms with van der Waals surface area (Å²) in [6.07, 6.45) is 3.34. The Balaban J connectivity index is 2.55. The number of nitrogens with zero attached hydrogens (tertiary/aromatic N) is 3. The Labute approximate surface area is 108 Å². The van der Waals surface area contributed by atoms with Crippen LogP contribution < -0.4 is 9.64 Å². The van der Waals surface area contributed by atoms with Crippen molar-refractivity contribution < 1.29 is 4.74 Å². The summed E-state index contributed by atoms with van der Waals surface area (Å²) in [5.41, 5.74) is 0. The second-order valence-electron chi connectivity index (χ2n) is 3.99. The molecular formula is C12H20ClN3O. The molecule has 0 amide bonds. The molecule has 0 bridgehead atoms. The molecule has 0 atom stereocenters. The fourth-order valence-corrected chi connectivity index (χ4v) is 1.75. The van der Waals surface area contributed by atoms with Crippen molar-refractivity contribution in [1.29, 1.82) is 0 Å². The summed E-state index contributed by atoms with van der Waals surface area (Å²) in [6.45, 7) is 2.84. The monoisotopic (exact) mass is 257 g/mol. The summed E-state index contributed by atoms with van der Waals surface area (Å²) in [5.74, 6) is 2.98. The van der Waals surface area contributed by atoms with Gasteiger partial charge in [-0.25, -0.2) is 4.98 Å². The van der Waals surface area contributed by atoms with Crippen LogP contribution in [0.5, 0.6) is 5.88 Å². The zero-order valence-electron chi connectivity index (χ0n) is 10.7. The standard InChI is InChI=1S/C12H20ClN3O/c1-10-14-11(9-12(15-10)17-3)16(2)8-6-4-5-7-13/h9H,4-8H2,1-3H3. The van der Waals surface area contributed by atoms with Gasteiger partial charge in [-0.15, -0.1) is 11.6 Å². The fraction of sp³-hybridized carbons (Fsp3) is 0.667. The lowest BCUT2D eigenvalue weighted by molar-refractivity contribution is 0.395. The van der Waals surface area contributed by atoms with Crippen molar-refractivity contribution in [2.45, 2.75) is 26.2 Å². The first-order chi connectivity index (χ1) is 8.17. The molecule has 1 heterocycles. The molecule has 0 radical (unpaired) electrons. The lowest BCUT2D eigenvalue weighted by Gasteiger charge is -2.18. The first-order valence-electron chi connectivity index (χ1n) is 5.84. The normalized spacial score (nSPS) is 10.4. The minimum absolute atomic E-state index is 0.611. The largest absolute Gasteiger partial charge is 0.481 e. The number of methoxy groups -OCH3 is 1. The van der Waals surface area contributed by atoms with E-state index in [0.29, 0.717) is 5.88 Å². The van der Waals surface area contributed by atoms with Gasteiger partial charge in [0.1, 0.15) is 11.6 Å². The van der Waals surface area contributed by atoms with Crippen LogP contribution in [0.3, 0.4) is 0 Å². The van der Waals surface area contributed by atoms with Gasteiger partial charge in [0, 0.05) is 25.5 Å². The van der Waals surface area contributed by atoms with Crippen LogP contribution in [0.15, 0.2) is 6.07 Å². The lowest BCUT2D eigenvalue weighted by atomic mass is 10.2. The number of aryl methyl sites for hydroxylation is 1. The number of alkyl halides is 1. The van der Waals surface area contributed by atoms with Gasteiger partial charge in [0.2, 0.25) is 5.88 Å². The van der Waals surface area contributed by atoms with Crippen LogP contribution in [0, 0.1) is 6.92 Å². The van der Waals surface area contributed by atoms with Gasteiger partial charge < -0.3 is 9.64 Å². The summed E-state index contributed by atoms with van der Waals surface area (Å²) in [7, 11) is 3.65. The van der Waals surface area contributed by atoms with Gasteiger partial charge in [0.15, 0.2) is 0 Å². The van der Waals surface area contributed by atoms with Gasteiger partial charge in [0.05, 0.1) is 7.11 Å². The molecule has 0 spiro atoms. The van der Waals surface area contributed by atoms with Crippen LogP contribution >= 0.6 is 11.6 Å². The molecule has 0 aromatic carbocycles. The van der Waals surface area contributed by atoms with Crippen molar-refractivity contribution >= 4 is 17.4 Å². The Morgan fingerprint density at radius 1 is 1.29 bits per heavy atom. The van der Waals surface area contributed by atoms with E-state index in [1.165, 1.54) is 0 Å². The molecule has 0 saturated heterocycles. The van der Waals surface area contributed by atoms with Gasteiger partial charge in [0.25, 0.3) is 0 Å². The first kappa shape index (κ1) is 14.0. The van der Waals surface area contributed by atoms with Crippen LogP contribution in [0.1, 0.15) is 25.1 Å². The predicted molar refractivity (Wildman–Crippen MR) is 71.2 cm³/mol. The van der Waals surface area contributed by atoms with Crippen LogP contribution in [0.2, 0.25) is 0 Å². The van der Waals surface area contributed by atoms with E-state index < -0.39 is 0 Å². The van der Waals surface area contributed by atoms with Crippen molar-refractivity contribution in [2.75, 3.05) is 31.5 Å². The molecule has 5 heteroatoms. The van der Waals surface area contributed by atoms with Crippen molar-refractivity contribution in [3.05, 3.63) is 11.9 Å². The van der Waals surface area contributed by atoms with Crippen LogP contribution in [0.25, 0.3) is 0 Å². The van der Waals surface area contributed by atoms with Gasteiger partial charge in [-0.3, -0.25) is 0 Å². The number of rotatable bonds is 7. The molecule has 96 valence electrons. The zero-order valence-corrected chi connectivity index (χ0v) is 11.5. The Hall–Kier alpha value is -1.03. The summed E-state index contributed by atoms with van der Waals surface area (Å²) < 4.78 is 5.13. The first-order valence-corrected chi connectivity index (χ1v) is 6.37. The SMILES string of the molecule is COc1cc(N(C)CCCCCCl)nc(C)n1. The summed E-state index contributed by atoms with van der Waals surface area (Å²) in [5, 5.41) is 0. The number of hydrogen-bond acceptors (Lipinski definition) is 4. The van der Waals surface area contributed by atoms with Gasteiger partial charge in [-0.05, 0) is 19.8 Å². The highest BCUT2D eigenvalue weighted by Gasteiger charge is 2.06.